The molecule has 1 saturated carbocycles. The Bertz CT molecular complexity index is 1430. The molecule has 192 valence electrons. The second-order valence-corrected chi connectivity index (χ2v) is 11.4. The summed E-state index contributed by atoms with van der Waals surface area (Å²) in [5.41, 5.74) is 1.89. The zero-order chi connectivity index (χ0) is 25.9. The molecule has 1 saturated heterocycles. The van der Waals surface area contributed by atoms with E-state index in [1.165, 1.54) is 12.8 Å². The van der Waals surface area contributed by atoms with Gasteiger partial charge in [0, 0.05) is 42.1 Å². The van der Waals surface area contributed by atoms with Crippen LogP contribution >= 0.6 is 0 Å². The van der Waals surface area contributed by atoms with Gasteiger partial charge in [-0.3, -0.25) is 14.5 Å². The summed E-state index contributed by atoms with van der Waals surface area (Å²) in [6.45, 7) is 5.96. The number of likely N-dealkylation sites (tertiary alicyclic amines) is 1. The molecule has 1 aliphatic heterocycles. The number of pyridine rings is 1. The zero-order valence-corrected chi connectivity index (χ0v) is 21.5. The van der Waals surface area contributed by atoms with Crippen molar-refractivity contribution in [2.24, 2.45) is 5.92 Å². The highest BCUT2D eigenvalue weighted by Gasteiger charge is 2.61. The topological polar surface area (TPSA) is 93.6 Å². The van der Waals surface area contributed by atoms with Gasteiger partial charge in [0.15, 0.2) is 5.78 Å². The molecule has 37 heavy (non-hydrogen) atoms. The van der Waals surface area contributed by atoms with E-state index in [4.69, 9.17) is 0 Å². The van der Waals surface area contributed by atoms with Crippen LogP contribution in [-0.2, 0) is 18.3 Å². The highest BCUT2D eigenvalue weighted by molar-refractivity contribution is 6.08. The van der Waals surface area contributed by atoms with Crippen molar-refractivity contribution in [2.75, 3.05) is 13.1 Å². The van der Waals surface area contributed by atoms with Gasteiger partial charge in [0.05, 0.1) is 11.2 Å². The van der Waals surface area contributed by atoms with Gasteiger partial charge < -0.3 is 15.2 Å². The largest absolute Gasteiger partial charge is 0.508 e. The normalized spacial score (nSPS) is 27.4. The maximum Gasteiger partial charge on any atom is 0.259 e. The number of nitrogens with one attached hydrogen (secondary N) is 1. The number of aromatic amines is 1. The molecular weight excluding hydrogens is 464 g/mol. The summed E-state index contributed by atoms with van der Waals surface area (Å²) >= 11 is 0. The van der Waals surface area contributed by atoms with E-state index in [0.717, 1.165) is 41.9 Å². The molecule has 6 heteroatoms. The van der Waals surface area contributed by atoms with Gasteiger partial charge in [0.2, 0.25) is 0 Å². The third kappa shape index (κ3) is 3.85. The van der Waals surface area contributed by atoms with Crippen LogP contribution in [0.15, 0.2) is 59.4 Å². The Hall–Kier alpha value is -3.22. The van der Waals surface area contributed by atoms with E-state index in [1.807, 2.05) is 19.1 Å². The molecule has 1 aromatic heterocycles. The van der Waals surface area contributed by atoms with Gasteiger partial charge in [-0.05, 0) is 80.5 Å². The van der Waals surface area contributed by atoms with Crippen molar-refractivity contribution >= 4 is 5.78 Å². The molecule has 0 amide bonds. The van der Waals surface area contributed by atoms with Crippen LogP contribution in [0, 0.1) is 12.8 Å². The predicted octanol–water partition coefficient (Wildman–Crippen LogP) is 3.89. The summed E-state index contributed by atoms with van der Waals surface area (Å²) in [6, 6.07) is 15.8. The molecular formula is C31H34N2O4. The second kappa shape index (κ2) is 8.67. The number of aromatic hydroxyl groups is 1. The first kappa shape index (κ1) is 24.1. The Morgan fingerprint density at radius 2 is 1.86 bits per heavy atom. The van der Waals surface area contributed by atoms with Gasteiger partial charge in [-0.15, -0.1) is 0 Å². The summed E-state index contributed by atoms with van der Waals surface area (Å²) in [7, 11) is 0. The van der Waals surface area contributed by atoms with E-state index >= 15 is 0 Å². The Morgan fingerprint density at radius 3 is 2.59 bits per heavy atom. The second-order valence-electron chi connectivity index (χ2n) is 11.4. The molecule has 2 aromatic carbocycles. The van der Waals surface area contributed by atoms with Crippen molar-refractivity contribution in [3.05, 3.63) is 98.5 Å². The molecule has 0 spiro atoms. The van der Waals surface area contributed by atoms with E-state index in [1.54, 1.807) is 42.5 Å². The molecule has 3 N–H and O–H groups in total. The predicted molar refractivity (Wildman–Crippen MR) is 142 cm³/mol. The smallest absolute Gasteiger partial charge is 0.259 e. The lowest BCUT2D eigenvalue weighted by Gasteiger charge is -2.60. The number of piperidine rings is 1. The van der Waals surface area contributed by atoms with Gasteiger partial charge in [-0.2, -0.15) is 0 Å². The molecule has 2 fully saturated rings. The average molecular weight is 499 g/mol. The number of H-pyrrole nitrogens is 1. The van der Waals surface area contributed by atoms with Crippen molar-refractivity contribution < 1.29 is 15.0 Å². The fraction of sp³-hybridized carbons (Fsp3) is 0.419. The van der Waals surface area contributed by atoms with Crippen LogP contribution in [0.1, 0.15) is 64.5 Å². The van der Waals surface area contributed by atoms with E-state index in [2.05, 4.69) is 16.8 Å². The summed E-state index contributed by atoms with van der Waals surface area (Å²) in [5, 5.41) is 23.2. The number of hydrogen-bond donors (Lipinski definition) is 3. The van der Waals surface area contributed by atoms with E-state index in [9.17, 15) is 19.8 Å². The van der Waals surface area contributed by atoms with Gasteiger partial charge in [0.1, 0.15) is 5.75 Å². The van der Waals surface area contributed by atoms with Crippen molar-refractivity contribution in [3.8, 4) is 5.75 Å². The van der Waals surface area contributed by atoms with Gasteiger partial charge >= 0.3 is 0 Å². The van der Waals surface area contributed by atoms with Crippen LogP contribution in [0.2, 0.25) is 0 Å². The molecule has 0 bridgehead atoms. The van der Waals surface area contributed by atoms with E-state index in [0.29, 0.717) is 24.3 Å². The number of aliphatic hydroxyl groups is 1. The summed E-state index contributed by atoms with van der Waals surface area (Å²) in [4.78, 5) is 31.8. The lowest BCUT2D eigenvalue weighted by molar-refractivity contribution is -0.139. The van der Waals surface area contributed by atoms with Gasteiger partial charge in [-0.1, -0.05) is 36.4 Å². The maximum absolute atomic E-state index is 13.2. The monoisotopic (exact) mass is 498 g/mol. The minimum atomic E-state index is -1.14. The molecule has 0 radical (unpaired) electrons. The highest BCUT2D eigenvalue weighted by atomic mass is 16.3. The number of benzene rings is 2. The number of phenols is 1. The Morgan fingerprint density at radius 1 is 1.11 bits per heavy atom. The summed E-state index contributed by atoms with van der Waals surface area (Å²) < 4.78 is 0. The minimum Gasteiger partial charge on any atom is -0.508 e. The molecule has 2 heterocycles. The number of fused-ring (bicyclic) bond motifs is 2. The number of carbonyl (C=O) groups excluding carboxylic acids is 1. The summed E-state index contributed by atoms with van der Waals surface area (Å²) in [5.74, 6) is 0.557. The van der Waals surface area contributed by atoms with Crippen molar-refractivity contribution in [3.63, 3.8) is 0 Å². The summed E-state index contributed by atoms with van der Waals surface area (Å²) in [6.07, 6.45) is 3.98. The standard InChI is InChI=1S/C31H34N2O4/c1-19-8-11-24(34)15-26(19)30-12-13-33(18-21-9-10-21)20(2)31(30,37)16-23-14-25(29(36)32-27(23)17-30)28(35)22-6-4-3-5-7-22/h3-8,11,14-15,20-21,34,37H,9-10,12-13,16-18H2,1-2H3,(H,32,36). The average Bonchev–Trinajstić information content (AvgIpc) is 3.71. The van der Waals surface area contributed by atoms with Crippen LogP contribution in [0.25, 0.3) is 0 Å². The zero-order valence-electron chi connectivity index (χ0n) is 21.5. The lowest BCUT2D eigenvalue weighted by atomic mass is 9.53. The van der Waals surface area contributed by atoms with Crippen LogP contribution in [0.5, 0.6) is 5.75 Å². The number of aryl methyl sites for hydroxylation is 1. The van der Waals surface area contributed by atoms with Crippen molar-refractivity contribution in [1.29, 1.82) is 0 Å². The first-order valence-electron chi connectivity index (χ1n) is 13.3. The molecule has 3 atom stereocenters. The molecule has 3 aliphatic rings. The van der Waals surface area contributed by atoms with Crippen LogP contribution in [0.4, 0.5) is 0 Å². The molecule has 3 unspecified atom stereocenters. The number of carbonyl (C=O) groups is 1. The Labute approximate surface area is 217 Å². The van der Waals surface area contributed by atoms with Crippen LogP contribution < -0.4 is 5.56 Å². The molecule has 6 rings (SSSR count). The third-order valence-corrected chi connectivity index (χ3v) is 9.25. The highest BCUT2D eigenvalue weighted by Crippen LogP contribution is 2.54. The van der Waals surface area contributed by atoms with Gasteiger partial charge in [0.25, 0.3) is 5.56 Å². The number of phenolic OH excluding ortho intramolecular Hbond substituents is 1. The van der Waals surface area contributed by atoms with Crippen LogP contribution in [0.3, 0.4) is 0 Å². The fourth-order valence-corrected chi connectivity index (χ4v) is 6.91. The molecule has 3 aromatic rings. The Balaban J connectivity index is 1.49. The number of rotatable bonds is 5. The van der Waals surface area contributed by atoms with Gasteiger partial charge in [-0.25, -0.2) is 0 Å². The first-order valence-corrected chi connectivity index (χ1v) is 13.3. The number of nitrogens with zero attached hydrogens (tertiary/aromatic N) is 1. The Kier molecular flexibility index (Phi) is 5.66. The van der Waals surface area contributed by atoms with Crippen molar-refractivity contribution in [2.45, 2.75) is 63.0 Å². The number of ketones is 1. The quantitative estimate of drug-likeness (QED) is 0.464. The fourth-order valence-electron chi connectivity index (χ4n) is 6.91. The number of aromatic nitrogens is 1. The van der Waals surface area contributed by atoms with Crippen molar-refractivity contribution in [1.82, 2.24) is 9.88 Å². The SMILES string of the molecule is Cc1ccc(O)cc1C12CCN(CC3CC3)C(C)C1(O)Cc1cc(C(=O)c3ccccc3)c(=O)[nH]c1C2. The molecule has 6 nitrogen and oxygen atoms in total. The molecule has 2 aliphatic carbocycles. The van der Waals surface area contributed by atoms with E-state index in [-0.39, 0.29) is 23.1 Å². The lowest BCUT2D eigenvalue weighted by Crippen LogP contribution is -2.71. The third-order valence-electron chi connectivity index (χ3n) is 9.25. The number of hydrogen-bond acceptors (Lipinski definition) is 5. The van der Waals surface area contributed by atoms with E-state index < -0.39 is 16.6 Å². The first-order chi connectivity index (χ1) is 17.7. The van der Waals surface area contributed by atoms with Crippen LogP contribution in [-0.4, -0.2) is 50.6 Å². The minimum absolute atomic E-state index is 0.105. The maximum atomic E-state index is 13.2.